The van der Waals surface area contributed by atoms with Crippen molar-refractivity contribution in [3.8, 4) is 0 Å². The van der Waals surface area contributed by atoms with Gasteiger partial charge in [-0.15, -0.1) is 0 Å². The summed E-state index contributed by atoms with van der Waals surface area (Å²) in [6.07, 6.45) is 5.34. The van der Waals surface area contributed by atoms with Crippen molar-refractivity contribution in [1.29, 1.82) is 0 Å². The molecule has 2 aliphatic carbocycles. The number of hydrogen-bond donors (Lipinski definition) is 2. The van der Waals surface area contributed by atoms with E-state index in [0.29, 0.717) is 5.46 Å². The van der Waals surface area contributed by atoms with E-state index in [2.05, 4.69) is 4.90 Å². The molecule has 2 fully saturated rings. The lowest BCUT2D eigenvalue weighted by Gasteiger charge is -2.23. The largest absolute Gasteiger partial charge is 0.488 e. The van der Waals surface area contributed by atoms with E-state index in [0.717, 1.165) is 24.1 Å². The Morgan fingerprint density at radius 1 is 1.11 bits per heavy atom. The number of rotatable bonds is 6. The monoisotopic (exact) mass is 245 g/mol. The second-order valence-electron chi connectivity index (χ2n) is 5.68. The summed E-state index contributed by atoms with van der Waals surface area (Å²) in [6.45, 7) is 2.04. The maximum atomic E-state index is 9.40. The Labute approximate surface area is 109 Å². The van der Waals surface area contributed by atoms with E-state index < -0.39 is 7.12 Å². The fraction of sp³-hybridized carbons (Fsp3) is 0.571. The van der Waals surface area contributed by atoms with Crippen LogP contribution in [-0.2, 0) is 6.54 Å². The van der Waals surface area contributed by atoms with Gasteiger partial charge in [-0.3, -0.25) is 4.90 Å². The first kappa shape index (κ1) is 12.2. The summed E-state index contributed by atoms with van der Waals surface area (Å²) in [4.78, 5) is 2.53. The van der Waals surface area contributed by atoms with Crippen LogP contribution in [0.5, 0.6) is 0 Å². The highest BCUT2D eigenvalue weighted by Gasteiger charge is 2.34. The number of benzene rings is 1. The first-order valence-corrected chi connectivity index (χ1v) is 6.92. The Morgan fingerprint density at radius 3 is 2.44 bits per heavy atom. The van der Waals surface area contributed by atoms with Crippen molar-refractivity contribution in [3.05, 3.63) is 29.8 Å². The Balaban J connectivity index is 1.72. The lowest BCUT2D eigenvalue weighted by Crippen LogP contribution is -2.37. The van der Waals surface area contributed by atoms with E-state index in [1.165, 1.54) is 32.2 Å². The fourth-order valence-electron chi connectivity index (χ4n) is 2.56. The predicted molar refractivity (Wildman–Crippen MR) is 72.4 cm³/mol. The SMILES string of the molecule is OB(O)c1ccccc1CN(CC1CC1)C1CC1. The van der Waals surface area contributed by atoms with E-state index in [4.69, 9.17) is 0 Å². The zero-order chi connectivity index (χ0) is 12.5. The van der Waals surface area contributed by atoms with E-state index in [1.54, 1.807) is 0 Å². The van der Waals surface area contributed by atoms with E-state index in [1.807, 2.05) is 24.3 Å². The van der Waals surface area contributed by atoms with Crippen molar-refractivity contribution in [2.75, 3.05) is 6.54 Å². The summed E-state index contributed by atoms with van der Waals surface area (Å²) in [5, 5.41) is 18.8. The molecule has 96 valence electrons. The lowest BCUT2D eigenvalue weighted by molar-refractivity contribution is 0.244. The standard InChI is InChI=1S/C14H20BNO2/c17-15(18)14-4-2-1-3-12(14)10-16(13-7-8-13)9-11-5-6-11/h1-4,11,13,17-18H,5-10H2. The highest BCUT2D eigenvalue weighted by Crippen LogP contribution is 2.35. The second-order valence-corrected chi connectivity index (χ2v) is 5.68. The van der Waals surface area contributed by atoms with Gasteiger partial charge in [0, 0.05) is 19.1 Å². The molecule has 0 radical (unpaired) electrons. The van der Waals surface area contributed by atoms with Gasteiger partial charge in [0.15, 0.2) is 0 Å². The van der Waals surface area contributed by atoms with Crippen molar-refractivity contribution in [2.45, 2.75) is 38.3 Å². The van der Waals surface area contributed by atoms with Gasteiger partial charge in [-0.2, -0.15) is 0 Å². The first-order valence-electron chi connectivity index (χ1n) is 6.92. The van der Waals surface area contributed by atoms with Crippen molar-refractivity contribution in [3.63, 3.8) is 0 Å². The molecular formula is C14H20BNO2. The van der Waals surface area contributed by atoms with Gasteiger partial charge in [0.1, 0.15) is 0 Å². The highest BCUT2D eigenvalue weighted by molar-refractivity contribution is 6.59. The molecule has 1 aromatic carbocycles. The predicted octanol–water partition coefficient (Wildman–Crippen LogP) is 0.741. The van der Waals surface area contributed by atoms with E-state index >= 15 is 0 Å². The molecule has 0 amide bonds. The third-order valence-corrected chi connectivity index (χ3v) is 3.96. The van der Waals surface area contributed by atoms with Gasteiger partial charge in [0.25, 0.3) is 0 Å². The normalized spacial score (nSPS) is 19.3. The molecule has 0 heterocycles. The lowest BCUT2D eigenvalue weighted by atomic mass is 9.77. The summed E-state index contributed by atoms with van der Waals surface area (Å²) in [5.41, 5.74) is 1.71. The van der Waals surface area contributed by atoms with Gasteiger partial charge in [0.05, 0.1) is 0 Å². The quantitative estimate of drug-likeness (QED) is 0.726. The fourth-order valence-corrected chi connectivity index (χ4v) is 2.56. The molecule has 4 heteroatoms. The third-order valence-electron chi connectivity index (χ3n) is 3.96. The van der Waals surface area contributed by atoms with Crippen molar-refractivity contribution >= 4 is 12.6 Å². The summed E-state index contributed by atoms with van der Waals surface area (Å²) < 4.78 is 0. The number of hydrogen-bond acceptors (Lipinski definition) is 3. The third kappa shape index (κ3) is 2.94. The molecule has 0 saturated heterocycles. The van der Waals surface area contributed by atoms with E-state index in [-0.39, 0.29) is 0 Å². The van der Waals surface area contributed by atoms with Crippen LogP contribution in [0.4, 0.5) is 0 Å². The molecule has 18 heavy (non-hydrogen) atoms. The molecule has 0 aromatic heterocycles. The van der Waals surface area contributed by atoms with Gasteiger partial charge < -0.3 is 10.0 Å². The zero-order valence-electron chi connectivity index (χ0n) is 10.6. The summed E-state index contributed by atoms with van der Waals surface area (Å²) in [6, 6.07) is 8.39. The van der Waals surface area contributed by atoms with Crippen LogP contribution in [0, 0.1) is 5.92 Å². The Bertz CT molecular complexity index is 416. The van der Waals surface area contributed by atoms with Crippen LogP contribution >= 0.6 is 0 Å². The maximum Gasteiger partial charge on any atom is 0.488 e. The zero-order valence-corrected chi connectivity index (χ0v) is 10.6. The van der Waals surface area contributed by atoms with Gasteiger partial charge in [-0.1, -0.05) is 24.3 Å². The van der Waals surface area contributed by atoms with Gasteiger partial charge >= 0.3 is 7.12 Å². The first-order chi connectivity index (χ1) is 8.74. The molecule has 0 atom stereocenters. The van der Waals surface area contributed by atoms with Crippen molar-refractivity contribution in [2.24, 2.45) is 5.92 Å². The van der Waals surface area contributed by atoms with Crippen LogP contribution in [0.25, 0.3) is 0 Å². The Morgan fingerprint density at radius 2 is 1.83 bits per heavy atom. The Hall–Kier alpha value is -0.835. The molecule has 2 aliphatic rings. The topological polar surface area (TPSA) is 43.7 Å². The molecule has 3 rings (SSSR count). The molecule has 0 unspecified atom stereocenters. The number of nitrogens with zero attached hydrogens (tertiary/aromatic N) is 1. The highest BCUT2D eigenvalue weighted by atomic mass is 16.4. The van der Waals surface area contributed by atoms with Crippen LogP contribution in [0.2, 0.25) is 0 Å². The summed E-state index contributed by atoms with van der Waals surface area (Å²) in [7, 11) is -1.36. The molecule has 0 aliphatic heterocycles. The maximum absolute atomic E-state index is 9.40. The average molecular weight is 245 g/mol. The minimum absolute atomic E-state index is 0.652. The van der Waals surface area contributed by atoms with Crippen molar-refractivity contribution < 1.29 is 10.0 Å². The van der Waals surface area contributed by atoms with Gasteiger partial charge in [0.2, 0.25) is 0 Å². The minimum atomic E-state index is -1.36. The molecular weight excluding hydrogens is 225 g/mol. The molecule has 0 bridgehead atoms. The van der Waals surface area contributed by atoms with Gasteiger partial charge in [-0.25, -0.2) is 0 Å². The summed E-state index contributed by atoms with van der Waals surface area (Å²) >= 11 is 0. The second kappa shape index (κ2) is 5.04. The molecule has 1 aromatic rings. The van der Waals surface area contributed by atoms with Crippen LogP contribution in [-0.4, -0.2) is 34.7 Å². The molecule has 2 saturated carbocycles. The minimum Gasteiger partial charge on any atom is -0.423 e. The molecule has 0 spiro atoms. The smallest absolute Gasteiger partial charge is 0.423 e. The summed E-state index contributed by atoms with van der Waals surface area (Å²) in [5.74, 6) is 0.886. The van der Waals surface area contributed by atoms with Crippen LogP contribution in [0.3, 0.4) is 0 Å². The van der Waals surface area contributed by atoms with Crippen LogP contribution in [0.15, 0.2) is 24.3 Å². The van der Waals surface area contributed by atoms with Crippen molar-refractivity contribution in [1.82, 2.24) is 4.90 Å². The van der Waals surface area contributed by atoms with Gasteiger partial charge in [-0.05, 0) is 42.6 Å². The molecule has 2 N–H and O–H groups in total. The van der Waals surface area contributed by atoms with Crippen LogP contribution in [0.1, 0.15) is 31.2 Å². The Kier molecular flexibility index (Phi) is 3.42. The van der Waals surface area contributed by atoms with Crippen LogP contribution < -0.4 is 5.46 Å². The van der Waals surface area contributed by atoms with E-state index in [9.17, 15) is 10.0 Å². The average Bonchev–Trinajstić information content (AvgIpc) is 3.22. The molecule has 3 nitrogen and oxygen atoms in total.